The molecule has 5 heterocycles. The molecule has 6 heteroatoms. The minimum absolute atomic E-state index is 0.132. The lowest BCUT2D eigenvalue weighted by Gasteiger charge is -2.46. The molecule has 2 aliphatic heterocycles. The van der Waals surface area contributed by atoms with Gasteiger partial charge in [-0.05, 0) is 275 Å². The summed E-state index contributed by atoms with van der Waals surface area (Å²) < 4.78 is 16.5. The molecule has 0 fully saturated rings. The van der Waals surface area contributed by atoms with Crippen LogP contribution in [0, 0.1) is 0 Å². The predicted octanol–water partition coefficient (Wildman–Crippen LogP) is 33.7. The van der Waals surface area contributed by atoms with E-state index >= 15 is 0 Å². The quantitative estimate of drug-likeness (QED) is 0.108. The molecule has 0 saturated carbocycles. The van der Waals surface area contributed by atoms with Crippen molar-refractivity contribution in [2.45, 2.75) is 164 Å². The van der Waals surface area contributed by atoms with E-state index < -0.39 is 0 Å². The van der Waals surface area contributed by atoms with E-state index in [0.29, 0.717) is 13.0 Å². The zero-order valence-corrected chi connectivity index (χ0v) is 80.6. The molecule has 0 unspecified atom stereocenters. The molecule has 0 aliphatic carbocycles. The van der Waals surface area contributed by atoms with Gasteiger partial charge in [-0.2, -0.15) is 0 Å². The lowest BCUT2D eigenvalue weighted by molar-refractivity contribution is 0.569. The minimum atomic E-state index is -0.329. The van der Waals surface area contributed by atoms with Gasteiger partial charge in [0, 0.05) is 72.7 Å². The number of rotatable bonds is 13. The molecule has 0 atom stereocenters. The summed E-state index contributed by atoms with van der Waals surface area (Å²) in [5.41, 5.74) is 42.5. The average Bonchev–Trinajstić information content (AvgIpc) is 0.870. The molecular weight excluding hydrogens is 1620 g/mol. The molecule has 658 valence electrons. The van der Waals surface area contributed by atoms with Crippen LogP contribution in [0.2, 0.25) is 0 Å². The minimum Gasteiger partial charge on any atom is -0.456 e. The zero-order chi connectivity index (χ0) is 92.6. The third kappa shape index (κ3) is 14.9. The van der Waals surface area contributed by atoms with Crippen LogP contribution in [0.4, 0.5) is 28.4 Å². The first-order valence-corrected chi connectivity index (χ1v) is 48.1. The van der Waals surface area contributed by atoms with Gasteiger partial charge in [-0.25, -0.2) is 0 Å². The van der Waals surface area contributed by atoms with Crippen molar-refractivity contribution < 1.29 is 8.83 Å². The number of para-hydroxylation sites is 2. The molecule has 0 saturated heterocycles. The average molecular weight is 1740 g/mol. The van der Waals surface area contributed by atoms with Crippen LogP contribution in [0.25, 0.3) is 160 Å². The van der Waals surface area contributed by atoms with Crippen LogP contribution in [0.3, 0.4) is 0 Å². The standard InChI is InChI=1S/C128H116BN3O2/c1-123(2,3)89-55-59-109-105(71-89)106-72-90(124(4,5)6)56-60-110(106)131(109)95-77-113-121-114(78-95)132(122-101(81-41-27-21-28-42-81)73-93(127(13,14)15)74-102(122)82-43-29-22-30-44-82)112-69-84(88-66-91(125(7,8)9)70-92(67-88)126(10,11)12)53-57-107(112)129(121)108-68-83(87-64-85(79-37-23-19-24-38-79)63-86(65-87)80-39-25-20-26-40-80)54-58-111(108)130(113)62-61-96-103(97-47-35-51-117-119(97)99-45-31-33-49-115(99)133-117)75-94(128(16,17)18)76-104(96)98-48-36-52-118-120(98)100-46-32-34-50-116(100)134-118/h19-60,63-78H,61-62H2,1-18H3. The van der Waals surface area contributed by atoms with E-state index in [1.807, 2.05) is 0 Å². The van der Waals surface area contributed by atoms with Gasteiger partial charge in [0.05, 0.1) is 22.4 Å². The molecule has 0 radical (unpaired) electrons. The fraction of sp³-hybridized carbons (Fsp3) is 0.203. The van der Waals surface area contributed by atoms with E-state index in [-0.39, 0.29) is 39.2 Å². The number of fused-ring (bicyclic) bond motifs is 13. The van der Waals surface area contributed by atoms with E-state index in [1.165, 1.54) is 93.9 Å². The largest absolute Gasteiger partial charge is 0.456 e. The van der Waals surface area contributed by atoms with Gasteiger partial charge in [-0.3, -0.25) is 0 Å². The van der Waals surface area contributed by atoms with Crippen LogP contribution in [-0.4, -0.2) is 17.8 Å². The van der Waals surface area contributed by atoms with Crippen molar-refractivity contribution in [3.05, 3.63) is 391 Å². The Morgan fingerprint density at radius 1 is 0.246 bits per heavy atom. The van der Waals surface area contributed by atoms with Crippen LogP contribution in [0.15, 0.2) is 361 Å². The summed E-state index contributed by atoms with van der Waals surface area (Å²) in [5, 5.41) is 6.86. The van der Waals surface area contributed by atoms with Crippen LogP contribution in [0.1, 0.15) is 164 Å². The maximum atomic E-state index is 6.96. The Balaban J connectivity index is 0.908. The molecule has 134 heavy (non-hydrogen) atoms. The molecule has 17 aromatic carbocycles. The number of hydrogen-bond acceptors (Lipinski definition) is 4. The van der Waals surface area contributed by atoms with Gasteiger partial charge in [0.15, 0.2) is 0 Å². The molecule has 20 aromatic rings. The maximum absolute atomic E-state index is 6.96. The van der Waals surface area contributed by atoms with Gasteiger partial charge in [0.25, 0.3) is 6.71 Å². The van der Waals surface area contributed by atoms with Crippen molar-refractivity contribution >= 4 is 117 Å². The molecule has 0 bridgehead atoms. The Morgan fingerprint density at radius 2 is 0.642 bits per heavy atom. The monoisotopic (exact) mass is 1740 g/mol. The lowest BCUT2D eigenvalue weighted by atomic mass is 9.33. The summed E-state index contributed by atoms with van der Waals surface area (Å²) in [4.78, 5) is 5.57. The Hall–Kier alpha value is -14.2. The highest BCUT2D eigenvalue weighted by Gasteiger charge is 2.46. The number of furan rings is 2. The second-order valence-electron chi connectivity index (χ2n) is 44.0. The first-order valence-electron chi connectivity index (χ1n) is 48.1. The van der Waals surface area contributed by atoms with Crippen LogP contribution in [0.5, 0.6) is 0 Å². The highest BCUT2D eigenvalue weighted by Crippen LogP contribution is 2.55. The highest BCUT2D eigenvalue weighted by molar-refractivity contribution is 7.00. The normalized spacial score (nSPS) is 13.2. The summed E-state index contributed by atoms with van der Waals surface area (Å²) in [6.07, 6.45) is 0.608. The highest BCUT2D eigenvalue weighted by atomic mass is 16.3. The summed E-state index contributed by atoms with van der Waals surface area (Å²) in [7, 11) is 0. The van der Waals surface area contributed by atoms with Crippen molar-refractivity contribution in [3.63, 3.8) is 0 Å². The number of anilines is 5. The Kier molecular flexibility index (Phi) is 20.2. The maximum Gasteiger partial charge on any atom is 0.252 e. The Labute approximate surface area is 790 Å². The first kappa shape index (κ1) is 85.3. The van der Waals surface area contributed by atoms with Gasteiger partial charge >= 0.3 is 0 Å². The fourth-order valence-corrected chi connectivity index (χ4v) is 21.4. The van der Waals surface area contributed by atoms with Gasteiger partial charge in [-0.15, -0.1) is 0 Å². The van der Waals surface area contributed by atoms with E-state index in [1.54, 1.807) is 0 Å². The number of nitrogens with zero attached hydrogens (tertiary/aromatic N) is 3. The lowest BCUT2D eigenvalue weighted by Crippen LogP contribution is -2.62. The van der Waals surface area contributed by atoms with Crippen molar-refractivity contribution in [1.29, 1.82) is 0 Å². The van der Waals surface area contributed by atoms with E-state index in [9.17, 15) is 0 Å². The van der Waals surface area contributed by atoms with Crippen LogP contribution >= 0.6 is 0 Å². The third-order valence-electron chi connectivity index (χ3n) is 28.8. The molecular formula is C128H116BN3O2. The Bertz CT molecular complexity index is 7740. The smallest absolute Gasteiger partial charge is 0.252 e. The summed E-state index contributed by atoms with van der Waals surface area (Å²) in [6.45, 7) is 42.8. The number of aromatic nitrogens is 1. The van der Waals surface area contributed by atoms with Crippen LogP contribution < -0.4 is 26.2 Å². The first-order chi connectivity index (χ1) is 64.2. The Morgan fingerprint density at radius 3 is 1.11 bits per heavy atom. The summed E-state index contributed by atoms with van der Waals surface area (Å²) >= 11 is 0. The molecule has 2 aliphatic rings. The molecule has 0 spiro atoms. The second kappa shape index (κ2) is 31.8. The van der Waals surface area contributed by atoms with Crippen molar-refractivity contribution in [2.24, 2.45) is 0 Å². The second-order valence-corrected chi connectivity index (χ2v) is 44.0. The SMILES string of the molecule is CC(C)(C)c1cc(-c2ccc3c(c2)N(c2c(-c4ccccc4)cc(C(C)(C)C)cc2-c2ccccc2)c2cc(-n4c5ccc(C(C)(C)C)cc5c5cc(C(C)(C)C)ccc54)cc4c2B3c2cc(-c3cc(-c5ccccc5)cc(-c5ccccc5)c3)ccc2N4CCc2c(-c3cccc4oc5ccccc5c34)cc(C(C)(C)C)cc2-c2cccc3oc4ccccc4c23)cc(C(C)(C)C)c1. The molecule has 3 aromatic heterocycles. The van der Waals surface area contributed by atoms with Crippen molar-refractivity contribution in [3.8, 4) is 94.7 Å². The topological polar surface area (TPSA) is 37.7 Å². The van der Waals surface area contributed by atoms with Crippen molar-refractivity contribution in [2.75, 3.05) is 16.3 Å². The van der Waals surface area contributed by atoms with Gasteiger partial charge in [-0.1, -0.05) is 373 Å². The fourth-order valence-electron chi connectivity index (χ4n) is 21.4. The van der Waals surface area contributed by atoms with Crippen molar-refractivity contribution in [1.82, 2.24) is 4.57 Å². The van der Waals surface area contributed by atoms with Gasteiger partial charge < -0.3 is 23.2 Å². The van der Waals surface area contributed by atoms with E-state index in [4.69, 9.17) is 8.83 Å². The summed E-state index contributed by atoms with van der Waals surface area (Å²) in [6, 6.07) is 135. The molecule has 22 rings (SSSR count). The van der Waals surface area contributed by atoms with E-state index in [2.05, 4.69) is 491 Å². The molecule has 0 N–H and O–H groups in total. The summed E-state index contributed by atoms with van der Waals surface area (Å²) in [5.74, 6) is 0. The molecule has 5 nitrogen and oxygen atoms in total. The van der Waals surface area contributed by atoms with E-state index in [0.717, 1.165) is 150 Å². The van der Waals surface area contributed by atoms with Gasteiger partial charge in [0.1, 0.15) is 22.3 Å². The third-order valence-corrected chi connectivity index (χ3v) is 28.8. The number of hydrogen-bond donors (Lipinski definition) is 0. The van der Waals surface area contributed by atoms with Gasteiger partial charge in [0.2, 0.25) is 0 Å². The molecule has 0 amide bonds. The number of benzene rings is 17. The zero-order valence-electron chi connectivity index (χ0n) is 80.6. The predicted molar refractivity (Wildman–Crippen MR) is 574 cm³/mol. The van der Waals surface area contributed by atoms with Crippen LogP contribution in [-0.2, 0) is 38.9 Å².